The molecular formula is C7H15Zn-. The van der Waals surface area contributed by atoms with Crippen molar-refractivity contribution in [2.75, 3.05) is 0 Å². The summed E-state index contributed by atoms with van der Waals surface area (Å²) in [5, 5.41) is 0. The second-order valence-electron chi connectivity index (χ2n) is 2.31. The molecule has 46 valence electrons. The molecule has 1 heteroatoms. The largest absolute Gasteiger partial charge is 0.320 e. The van der Waals surface area contributed by atoms with Crippen LogP contribution < -0.4 is 0 Å². The van der Waals surface area contributed by atoms with Gasteiger partial charge in [0.1, 0.15) is 0 Å². The van der Waals surface area contributed by atoms with Gasteiger partial charge >= 0.3 is 0 Å². The van der Waals surface area contributed by atoms with Crippen molar-refractivity contribution >= 4 is 0 Å². The van der Waals surface area contributed by atoms with Crippen LogP contribution in [0.1, 0.15) is 40.0 Å². The summed E-state index contributed by atoms with van der Waals surface area (Å²) in [5.41, 5.74) is 0. The van der Waals surface area contributed by atoms with Crippen molar-refractivity contribution in [2.45, 2.75) is 40.0 Å². The summed E-state index contributed by atoms with van der Waals surface area (Å²) in [7, 11) is 0. The number of unbranched alkanes of at least 4 members (excludes halogenated alkanes) is 1. The van der Waals surface area contributed by atoms with Crippen LogP contribution in [0.5, 0.6) is 0 Å². The fourth-order valence-corrected chi connectivity index (χ4v) is 0.530. The van der Waals surface area contributed by atoms with Gasteiger partial charge in [0.15, 0.2) is 0 Å². The Morgan fingerprint density at radius 2 is 1.75 bits per heavy atom. The molecule has 0 heterocycles. The van der Waals surface area contributed by atoms with Crippen molar-refractivity contribution in [3.63, 3.8) is 0 Å². The summed E-state index contributed by atoms with van der Waals surface area (Å²) in [6, 6.07) is 0. The molecule has 0 nitrogen and oxygen atoms in total. The van der Waals surface area contributed by atoms with E-state index in [1.54, 1.807) is 5.92 Å². The Balaban J connectivity index is 0. The van der Waals surface area contributed by atoms with Crippen LogP contribution in [-0.4, -0.2) is 0 Å². The zero-order valence-corrected chi connectivity index (χ0v) is 9.30. The van der Waals surface area contributed by atoms with Crippen LogP contribution in [0.25, 0.3) is 0 Å². The van der Waals surface area contributed by atoms with Gasteiger partial charge in [0.25, 0.3) is 0 Å². The van der Waals surface area contributed by atoms with Crippen LogP contribution in [-0.2, 0) is 19.5 Å². The van der Waals surface area contributed by atoms with Gasteiger partial charge in [-0.3, -0.25) is 0 Å². The van der Waals surface area contributed by atoms with Gasteiger partial charge in [-0.15, -0.1) is 0 Å². The van der Waals surface area contributed by atoms with E-state index in [2.05, 4.69) is 20.8 Å². The standard InChI is InChI=1S/C7H15.Zn/c1-4-5-6-7(2)3;/h4-6H2,1-3H3;/q-1;. The average molecular weight is 165 g/mol. The predicted octanol–water partition coefficient (Wildman–Crippen LogP) is 2.79. The van der Waals surface area contributed by atoms with Crippen LogP contribution in [0, 0.1) is 5.92 Å². The molecule has 0 aliphatic heterocycles. The van der Waals surface area contributed by atoms with Crippen molar-refractivity contribution < 1.29 is 19.5 Å². The summed E-state index contributed by atoms with van der Waals surface area (Å²) < 4.78 is 0. The van der Waals surface area contributed by atoms with Gasteiger partial charge in [-0.1, -0.05) is 19.8 Å². The van der Waals surface area contributed by atoms with E-state index < -0.39 is 0 Å². The SMILES string of the molecule is CCCC[C-](C)C.[Zn]. The van der Waals surface area contributed by atoms with Crippen molar-refractivity contribution in [3.05, 3.63) is 5.92 Å². The molecule has 0 fully saturated rings. The normalized spacial score (nSPS) is 9.00. The molecule has 0 spiro atoms. The van der Waals surface area contributed by atoms with E-state index in [1.807, 2.05) is 0 Å². The monoisotopic (exact) mass is 163 g/mol. The first kappa shape index (κ1) is 11.4. The summed E-state index contributed by atoms with van der Waals surface area (Å²) in [5.74, 6) is 1.56. The molecule has 0 amide bonds. The second-order valence-corrected chi connectivity index (χ2v) is 2.31. The quantitative estimate of drug-likeness (QED) is 0.445. The second kappa shape index (κ2) is 7.62. The van der Waals surface area contributed by atoms with Gasteiger partial charge in [-0.2, -0.15) is 20.3 Å². The molecule has 0 bridgehead atoms. The minimum Gasteiger partial charge on any atom is -0.320 e. The fraction of sp³-hybridized carbons (Fsp3) is 0.857. The van der Waals surface area contributed by atoms with E-state index in [4.69, 9.17) is 0 Å². The molecular weight excluding hydrogens is 149 g/mol. The third-order valence-electron chi connectivity index (χ3n) is 1.03. The maximum absolute atomic E-state index is 2.23. The fourth-order valence-electron chi connectivity index (χ4n) is 0.530. The number of hydrogen-bond acceptors (Lipinski definition) is 0. The molecule has 0 saturated heterocycles. The van der Waals surface area contributed by atoms with Crippen molar-refractivity contribution in [3.8, 4) is 0 Å². The summed E-state index contributed by atoms with van der Waals surface area (Å²) >= 11 is 0. The van der Waals surface area contributed by atoms with Crippen LogP contribution >= 0.6 is 0 Å². The average Bonchev–Trinajstić information content (AvgIpc) is 1.61. The first-order valence-corrected chi connectivity index (χ1v) is 3.06. The third-order valence-corrected chi connectivity index (χ3v) is 1.03. The molecule has 0 radical (unpaired) electrons. The zero-order chi connectivity index (χ0) is 5.70. The molecule has 0 unspecified atom stereocenters. The summed E-state index contributed by atoms with van der Waals surface area (Å²) in [6.07, 6.45) is 4.00. The zero-order valence-electron chi connectivity index (χ0n) is 6.33. The van der Waals surface area contributed by atoms with Crippen LogP contribution in [0.3, 0.4) is 0 Å². The Labute approximate surface area is 65.8 Å². The predicted molar refractivity (Wildman–Crippen MR) is 34.1 cm³/mol. The maximum atomic E-state index is 2.23. The van der Waals surface area contributed by atoms with Gasteiger partial charge < -0.3 is 5.92 Å². The summed E-state index contributed by atoms with van der Waals surface area (Å²) in [6.45, 7) is 6.61. The number of rotatable bonds is 3. The third kappa shape index (κ3) is 9.80. The molecule has 0 saturated carbocycles. The summed E-state index contributed by atoms with van der Waals surface area (Å²) in [4.78, 5) is 0. The molecule has 0 aliphatic rings. The molecule has 0 aromatic rings. The molecule has 0 aromatic heterocycles. The van der Waals surface area contributed by atoms with E-state index in [1.165, 1.54) is 19.3 Å². The first-order chi connectivity index (χ1) is 3.27. The minimum atomic E-state index is 0. The molecule has 8 heavy (non-hydrogen) atoms. The van der Waals surface area contributed by atoms with Crippen LogP contribution in [0.15, 0.2) is 0 Å². The van der Waals surface area contributed by atoms with E-state index in [0.29, 0.717) is 0 Å². The Morgan fingerprint density at radius 1 is 1.25 bits per heavy atom. The van der Waals surface area contributed by atoms with Crippen molar-refractivity contribution in [1.82, 2.24) is 0 Å². The Kier molecular flexibility index (Phi) is 10.9. The topological polar surface area (TPSA) is 0 Å². The van der Waals surface area contributed by atoms with Gasteiger partial charge in [-0.05, 0) is 0 Å². The molecule has 0 atom stereocenters. The Morgan fingerprint density at radius 3 is 1.88 bits per heavy atom. The number of hydrogen-bond donors (Lipinski definition) is 0. The molecule has 0 rings (SSSR count). The molecule has 0 aromatic carbocycles. The van der Waals surface area contributed by atoms with E-state index in [0.717, 1.165) is 0 Å². The van der Waals surface area contributed by atoms with Gasteiger partial charge in [0.2, 0.25) is 0 Å². The van der Waals surface area contributed by atoms with Gasteiger partial charge in [0, 0.05) is 19.5 Å². The van der Waals surface area contributed by atoms with Crippen LogP contribution in [0.4, 0.5) is 0 Å². The molecule has 0 N–H and O–H groups in total. The van der Waals surface area contributed by atoms with Gasteiger partial charge in [0.05, 0.1) is 0 Å². The minimum absolute atomic E-state index is 0. The molecule has 0 aliphatic carbocycles. The van der Waals surface area contributed by atoms with Crippen molar-refractivity contribution in [1.29, 1.82) is 0 Å². The smallest absolute Gasteiger partial charge is 0 e. The van der Waals surface area contributed by atoms with Gasteiger partial charge in [-0.25, -0.2) is 0 Å². The van der Waals surface area contributed by atoms with E-state index in [-0.39, 0.29) is 19.5 Å². The Bertz CT molecular complexity index is 33.4. The van der Waals surface area contributed by atoms with E-state index >= 15 is 0 Å². The Hall–Kier alpha value is 0.623. The first-order valence-electron chi connectivity index (χ1n) is 3.06. The van der Waals surface area contributed by atoms with Crippen LogP contribution in [0.2, 0.25) is 0 Å². The van der Waals surface area contributed by atoms with Crippen molar-refractivity contribution in [2.24, 2.45) is 0 Å². The maximum Gasteiger partial charge on any atom is 0 e. The van der Waals surface area contributed by atoms with E-state index in [9.17, 15) is 0 Å².